The van der Waals surface area contributed by atoms with Crippen LogP contribution in [0.25, 0.3) is 0 Å². The Labute approximate surface area is 199 Å². The molecule has 4 rings (SSSR count). The Kier molecular flexibility index (Phi) is 7.45. The molecule has 3 fully saturated rings. The SMILES string of the molecule is CC(=O)N1CCN(C(=O)[C@H](C2CCCC2)N2CCN(C(=O)c3ccc([N+](=O)[O-])cc3)CC2)CC1. The highest BCUT2D eigenvalue weighted by Crippen LogP contribution is 2.32. The third-order valence-electron chi connectivity index (χ3n) is 7.46. The van der Waals surface area contributed by atoms with E-state index in [4.69, 9.17) is 0 Å². The second-order valence-electron chi connectivity index (χ2n) is 9.45. The van der Waals surface area contributed by atoms with E-state index in [0.29, 0.717) is 63.8 Å². The van der Waals surface area contributed by atoms with E-state index in [1.54, 1.807) is 16.7 Å². The molecule has 0 spiro atoms. The summed E-state index contributed by atoms with van der Waals surface area (Å²) in [5, 5.41) is 10.9. The van der Waals surface area contributed by atoms with Crippen molar-refractivity contribution in [1.82, 2.24) is 19.6 Å². The lowest BCUT2D eigenvalue weighted by molar-refractivity contribution is -0.384. The van der Waals surface area contributed by atoms with Gasteiger partial charge in [0.05, 0.1) is 11.0 Å². The second kappa shape index (κ2) is 10.5. The molecule has 1 saturated carbocycles. The van der Waals surface area contributed by atoms with E-state index in [9.17, 15) is 24.5 Å². The largest absolute Gasteiger partial charge is 0.339 e. The Morgan fingerprint density at radius 1 is 0.853 bits per heavy atom. The number of nitro groups is 1. The molecule has 1 aliphatic carbocycles. The summed E-state index contributed by atoms with van der Waals surface area (Å²) < 4.78 is 0. The van der Waals surface area contributed by atoms with Crippen molar-refractivity contribution in [2.75, 3.05) is 52.4 Å². The number of hydrogen-bond donors (Lipinski definition) is 0. The van der Waals surface area contributed by atoms with Crippen LogP contribution in [0.1, 0.15) is 43.0 Å². The van der Waals surface area contributed by atoms with Crippen molar-refractivity contribution in [2.24, 2.45) is 5.92 Å². The fraction of sp³-hybridized carbons (Fsp3) is 0.625. The molecule has 1 aromatic carbocycles. The Balaban J connectivity index is 1.39. The monoisotopic (exact) mass is 471 g/mol. The van der Waals surface area contributed by atoms with Crippen molar-refractivity contribution in [2.45, 2.75) is 38.6 Å². The molecule has 34 heavy (non-hydrogen) atoms. The van der Waals surface area contributed by atoms with Crippen LogP contribution in [-0.2, 0) is 9.59 Å². The van der Waals surface area contributed by atoms with Crippen LogP contribution < -0.4 is 0 Å². The molecule has 184 valence electrons. The summed E-state index contributed by atoms with van der Waals surface area (Å²) in [6.45, 7) is 6.15. The summed E-state index contributed by atoms with van der Waals surface area (Å²) in [7, 11) is 0. The van der Waals surface area contributed by atoms with Gasteiger partial charge in [-0.2, -0.15) is 0 Å². The number of amides is 3. The molecule has 0 radical (unpaired) electrons. The number of non-ortho nitro benzene ring substituents is 1. The third-order valence-corrected chi connectivity index (χ3v) is 7.46. The first kappa shape index (κ1) is 24.1. The van der Waals surface area contributed by atoms with Crippen molar-refractivity contribution in [3.05, 3.63) is 39.9 Å². The van der Waals surface area contributed by atoms with Crippen LogP contribution in [0.3, 0.4) is 0 Å². The van der Waals surface area contributed by atoms with Gasteiger partial charge in [-0.05, 0) is 30.9 Å². The second-order valence-corrected chi connectivity index (χ2v) is 9.45. The van der Waals surface area contributed by atoms with Crippen molar-refractivity contribution < 1.29 is 19.3 Å². The standard InChI is InChI=1S/C24H33N5O5/c1-18(30)25-10-14-28(15-11-25)24(32)22(19-4-2-3-5-19)26-12-16-27(17-13-26)23(31)20-6-8-21(9-7-20)29(33)34/h6-9,19,22H,2-5,10-17H2,1H3/t22-/m0/s1. The van der Waals surface area contributed by atoms with Gasteiger partial charge in [-0.25, -0.2) is 0 Å². The summed E-state index contributed by atoms with van der Waals surface area (Å²) in [4.78, 5) is 56.3. The number of rotatable bonds is 5. The molecule has 1 aromatic rings. The maximum atomic E-state index is 13.6. The minimum atomic E-state index is -0.479. The van der Waals surface area contributed by atoms with E-state index >= 15 is 0 Å². The lowest BCUT2D eigenvalue weighted by Gasteiger charge is -2.44. The number of nitrogens with zero attached hydrogens (tertiary/aromatic N) is 5. The fourth-order valence-corrected chi connectivity index (χ4v) is 5.47. The maximum Gasteiger partial charge on any atom is 0.269 e. The van der Waals surface area contributed by atoms with E-state index < -0.39 is 4.92 Å². The van der Waals surface area contributed by atoms with Gasteiger partial charge < -0.3 is 14.7 Å². The van der Waals surface area contributed by atoms with Gasteiger partial charge in [0.2, 0.25) is 11.8 Å². The summed E-state index contributed by atoms with van der Waals surface area (Å²) in [6, 6.07) is 5.52. The van der Waals surface area contributed by atoms with Crippen LogP contribution in [0.2, 0.25) is 0 Å². The zero-order valence-corrected chi connectivity index (χ0v) is 19.7. The highest BCUT2D eigenvalue weighted by molar-refractivity contribution is 5.94. The highest BCUT2D eigenvalue weighted by Gasteiger charge is 2.40. The molecule has 3 amide bonds. The minimum Gasteiger partial charge on any atom is -0.339 e. The topological polar surface area (TPSA) is 107 Å². The molecule has 0 aromatic heterocycles. The quantitative estimate of drug-likeness (QED) is 0.477. The summed E-state index contributed by atoms with van der Waals surface area (Å²) >= 11 is 0. The number of benzene rings is 1. The molecule has 0 unspecified atom stereocenters. The number of carbonyl (C=O) groups excluding carboxylic acids is 3. The highest BCUT2D eigenvalue weighted by atomic mass is 16.6. The molecule has 10 heteroatoms. The van der Waals surface area contributed by atoms with Crippen molar-refractivity contribution in [1.29, 1.82) is 0 Å². The Hall–Kier alpha value is -3.01. The van der Waals surface area contributed by atoms with E-state index in [1.165, 1.54) is 24.3 Å². The zero-order chi connectivity index (χ0) is 24.2. The molecule has 2 saturated heterocycles. The predicted octanol–water partition coefficient (Wildman–Crippen LogP) is 1.60. The lowest BCUT2D eigenvalue weighted by Crippen LogP contribution is -2.60. The molecule has 0 N–H and O–H groups in total. The zero-order valence-electron chi connectivity index (χ0n) is 19.7. The van der Waals surface area contributed by atoms with E-state index in [-0.39, 0.29) is 29.5 Å². The first-order chi connectivity index (χ1) is 16.3. The average molecular weight is 472 g/mol. The molecule has 0 bridgehead atoms. The van der Waals surface area contributed by atoms with Gasteiger partial charge in [0, 0.05) is 77.0 Å². The summed E-state index contributed by atoms with van der Waals surface area (Å²) in [5.41, 5.74) is 0.397. The number of carbonyl (C=O) groups is 3. The third kappa shape index (κ3) is 5.22. The maximum absolute atomic E-state index is 13.6. The molecule has 2 heterocycles. The van der Waals surface area contributed by atoms with E-state index in [2.05, 4.69) is 4.90 Å². The molecule has 2 aliphatic heterocycles. The average Bonchev–Trinajstić information content (AvgIpc) is 3.38. The van der Waals surface area contributed by atoms with Crippen molar-refractivity contribution in [3.8, 4) is 0 Å². The number of hydrogen-bond acceptors (Lipinski definition) is 6. The molecule has 1 atom stereocenters. The Morgan fingerprint density at radius 2 is 1.38 bits per heavy atom. The van der Waals surface area contributed by atoms with E-state index in [1.807, 2.05) is 4.90 Å². The molecular weight excluding hydrogens is 438 g/mol. The molecule has 3 aliphatic rings. The lowest BCUT2D eigenvalue weighted by atomic mass is 9.94. The van der Waals surface area contributed by atoms with Gasteiger partial charge in [0.15, 0.2) is 0 Å². The molecule has 10 nitrogen and oxygen atoms in total. The summed E-state index contributed by atoms with van der Waals surface area (Å²) in [6.07, 6.45) is 4.38. The Bertz CT molecular complexity index is 914. The smallest absolute Gasteiger partial charge is 0.269 e. The van der Waals surface area contributed by atoms with Crippen LogP contribution in [0, 0.1) is 16.0 Å². The normalized spacial score (nSPS) is 20.9. The van der Waals surface area contributed by atoms with Gasteiger partial charge in [-0.15, -0.1) is 0 Å². The van der Waals surface area contributed by atoms with Crippen molar-refractivity contribution in [3.63, 3.8) is 0 Å². The Morgan fingerprint density at radius 3 is 1.91 bits per heavy atom. The van der Waals surface area contributed by atoms with Crippen LogP contribution in [0.15, 0.2) is 24.3 Å². The van der Waals surface area contributed by atoms with Crippen LogP contribution in [0.4, 0.5) is 5.69 Å². The van der Waals surface area contributed by atoms with Gasteiger partial charge in [0.25, 0.3) is 11.6 Å². The fourth-order valence-electron chi connectivity index (χ4n) is 5.47. The van der Waals surface area contributed by atoms with Crippen molar-refractivity contribution >= 4 is 23.4 Å². The van der Waals surface area contributed by atoms with Gasteiger partial charge >= 0.3 is 0 Å². The summed E-state index contributed by atoms with van der Waals surface area (Å²) in [5.74, 6) is 0.396. The van der Waals surface area contributed by atoms with Gasteiger partial charge in [-0.1, -0.05) is 12.8 Å². The van der Waals surface area contributed by atoms with Crippen LogP contribution >= 0.6 is 0 Å². The van der Waals surface area contributed by atoms with Crippen LogP contribution in [0.5, 0.6) is 0 Å². The van der Waals surface area contributed by atoms with E-state index in [0.717, 1.165) is 25.7 Å². The first-order valence-corrected chi connectivity index (χ1v) is 12.2. The van der Waals surface area contributed by atoms with Crippen LogP contribution in [-0.4, -0.2) is 101 Å². The van der Waals surface area contributed by atoms with Gasteiger partial charge in [-0.3, -0.25) is 29.4 Å². The number of piperazine rings is 2. The molecular formula is C24H33N5O5. The minimum absolute atomic E-state index is 0.0385. The number of nitro benzene ring substituents is 1. The first-order valence-electron chi connectivity index (χ1n) is 12.2. The predicted molar refractivity (Wildman–Crippen MR) is 125 cm³/mol. The van der Waals surface area contributed by atoms with Gasteiger partial charge in [0.1, 0.15) is 0 Å².